The summed E-state index contributed by atoms with van der Waals surface area (Å²) in [4.78, 5) is 0. The molecule has 0 saturated heterocycles. The number of hydrogen-bond donors (Lipinski definition) is 0. The topological polar surface area (TPSA) is 71.1 Å². The third kappa shape index (κ3) is 24.7. The molecule has 0 bridgehead atoms. The van der Waals surface area contributed by atoms with E-state index in [0.717, 1.165) is 49.9 Å². The number of hydrogen-bond acceptors (Lipinski definition) is 6. The van der Waals surface area contributed by atoms with Crippen molar-refractivity contribution in [3.8, 4) is 0 Å². The molecule has 0 saturated carbocycles. The van der Waals surface area contributed by atoms with Gasteiger partial charge in [0, 0.05) is 32.3 Å². The maximum atomic E-state index is 13.9. The van der Waals surface area contributed by atoms with Gasteiger partial charge in [0.25, 0.3) is 0 Å². The van der Waals surface area contributed by atoms with Crippen LogP contribution in [0.2, 0.25) is 103 Å². The van der Waals surface area contributed by atoms with Crippen LogP contribution in [0.3, 0.4) is 0 Å². The van der Waals surface area contributed by atoms with Crippen molar-refractivity contribution in [3.63, 3.8) is 0 Å². The second kappa shape index (κ2) is 16.6. The van der Waals surface area contributed by atoms with E-state index in [0.29, 0.717) is 26.4 Å². The lowest BCUT2D eigenvalue weighted by Gasteiger charge is -2.26. The summed E-state index contributed by atoms with van der Waals surface area (Å²) < 4.78 is 51.5. The normalized spacial score (nSPS) is 14.4. The van der Waals surface area contributed by atoms with Crippen molar-refractivity contribution in [3.05, 3.63) is 0 Å². The Kier molecular flexibility index (Phi) is 17.1. The highest BCUT2D eigenvalue weighted by Crippen LogP contribution is 2.64. The Morgan fingerprint density at radius 1 is 0.405 bits per heavy atom. The van der Waals surface area contributed by atoms with Crippen LogP contribution in [0, 0.1) is 0 Å². The fourth-order valence-electron chi connectivity index (χ4n) is 3.67. The Balaban J connectivity index is 5.45. The second-order valence-electron chi connectivity index (χ2n) is 15.4. The van der Waals surface area contributed by atoms with E-state index in [1.807, 2.05) is 0 Å². The average molecular weight is 633 g/mol. The molecule has 0 aromatic rings. The largest absolute Gasteiger partial charge is 0.342 e. The van der Waals surface area contributed by atoms with Gasteiger partial charge >= 0.3 is 15.2 Å². The van der Waals surface area contributed by atoms with Crippen LogP contribution >= 0.6 is 15.2 Å². The summed E-state index contributed by atoms with van der Waals surface area (Å²) in [6.45, 7) is 29.2. The zero-order valence-electron chi connectivity index (χ0n) is 26.5. The molecule has 0 amide bonds. The molecule has 0 aliphatic rings. The van der Waals surface area contributed by atoms with Crippen molar-refractivity contribution in [2.45, 2.75) is 128 Å². The van der Waals surface area contributed by atoms with Crippen molar-refractivity contribution in [2.24, 2.45) is 0 Å². The van der Waals surface area contributed by atoms with Crippen LogP contribution in [-0.4, -0.2) is 64.6 Å². The maximum Gasteiger partial charge on any atom is 0.342 e. The van der Waals surface area contributed by atoms with E-state index < -0.39 is 47.5 Å². The van der Waals surface area contributed by atoms with Gasteiger partial charge < -0.3 is 18.1 Å². The predicted octanol–water partition coefficient (Wildman–Crippen LogP) is 10.3. The lowest BCUT2D eigenvalue weighted by atomic mass is 10.5. The molecule has 6 nitrogen and oxygen atoms in total. The molecule has 0 N–H and O–H groups in total. The van der Waals surface area contributed by atoms with Gasteiger partial charge in [-0.15, -0.1) is 0 Å². The summed E-state index contributed by atoms with van der Waals surface area (Å²) in [7, 11) is -12.2. The molecule has 12 heteroatoms. The third-order valence-corrected chi connectivity index (χ3v) is 18.3. The smallest absolute Gasteiger partial charge is 0.308 e. The van der Waals surface area contributed by atoms with Gasteiger partial charge in [-0.2, -0.15) is 0 Å². The second-order valence-corrected chi connectivity index (χ2v) is 42.4. The SMILES string of the molecule is C[Si](C)(C)CCCOP(=O)(CP(=O)(OCCC[Si](C)(C)C)OCCC[Si](C)(C)C)OCCC[Si](C)(C)C. The van der Waals surface area contributed by atoms with Gasteiger partial charge in [0.2, 0.25) is 0 Å². The molecule has 0 unspecified atom stereocenters. The molecule has 0 aromatic carbocycles. The minimum Gasteiger partial charge on any atom is -0.308 e. The quantitative estimate of drug-likeness (QED) is 0.0672. The molecule has 0 fully saturated rings. The first-order chi connectivity index (χ1) is 16.5. The van der Waals surface area contributed by atoms with Gasteiger partial charge in [0.1, 0.15) is 0 Å². The first-order valence-electron chi connectivity index (χ1n) is 14.3. The monoisotopic (exact) mass is 632 g/mol. The molecule has 0 aliphatic carbocycles. The minimum atomic E-state index is -3.63. The van der Waals surface area contributed by atoms with E-state index >= 15 is 0 Å². The van der Waals surface area contributed by atoms with Crippen molar-refractivity contribution < 1.29 is 27.2 Å². The molecule has 0 atom stereocenters. The average Bonchev–Trinajstić information content (AvgIpc) is 2.67. The summed E-state index contributed by atoms with van der Waals surface area (Å²) in [6.07, 6.45) is 3.32. The van der Waals surface area contributed by atoms with Crippen molar-refractivity contribution in [2.75, 3.05) is 32.3 Å². The molecule has 0 heterocycles. The van der Waals surface area contributed by atoms with Crippen LogP contribution in [-0.2, 0) is 27.2 Å². The van der Waals surface area contributed by atoms with Crippen molar-refractivity contribution in [1.82, 2.24) is 0 Å². The van der Waals surface area contributed by atoms with Crippen LogP contribution in [0.4, 0.5) is 0 Å². The lowest BCUT2D eigenvalue weighted by molar-refractivity contribution is 0.191. The zero-order valence-corrected chi connectivity index (χ0v) is 32.3. The van der Waals surface area contributed by atoms with E-state index in [4.69, 9.17) is 18.1 Å². The van der Waals surface area contributed by atoms with Gasteiger partial charge in [-0.25, -0.2) is 0 Å². The summed E-state index contributed by atoms with van der Waals surface area (Å²) in [5, 5.41) is 0. The van der Waals surface area contributed by atoms with Crippen LogP contribution in [0.1, 0.15) is 25.7 Å². The molecule has 0 rings (SSSR count). The fourth-order valence-corrected chi connectivity index (χ4v) is 13.3. The Morgan fingerprint density at radius 3 is 0.757 bits per heavy atom. The molecule has 0 aliphatic heterocycles. The standard InChI is InChI=1S/C25H62O6P2Si4/c1-34(2,3)21-13-17-28-32(26,29-18-14-22-35(4,5)6)25-33(27,30-19-15-23-36(7,8)9)31-20-16-24-37(10,11)12/h13-25H2,1-12H3. The van der Waals surface area contributed by atoms with Gasteiger partial charge in [0.15, 0.2) is 5.90 Å². The summed E-state index contributed by atoms with van der Waals surface area (Å²) in [5.74, 6) is -0.292. The van der Waals surface area contributed by atoms with E-state index in [-0.39, 0.29) is 5.90 Å². The Labute approximate surface area is 234 Å². The summed E-state index contributed by atoms with van der Waals surface area (Å²) >= 11 is 0. The van der Waals surface area contributed by atoms with Crippen LogP contribution in [0.25, 0.3) is 0 Å². The predicted molar refractivity (Wildman–Crippen MR) is 175 cm³/mol. The van der Waals surface area contributed by atoms with E-state index in [9.17, 15) is 9.13 Å². The highest BCUT2D eigenvalue weighted by atomic mass is 31.2. The fraction of sp³-hybridized carbons (Fsp3) is 1.00. The Morgan fingerprint density at radius 2 is 0.595 bits per heavy atom. The lowest BCUT2D eigenvalue weighted by Crippen LogP contribution is -2.21. The van der Waals surface area contributed by atoms with Crippen LogP contribution in [0.5, 0.6) is 0 Å². The third-order valence-electron chi connectivity index (χ3n) is 5.78. The Hall–Kier alpha value is 1.17. The molecule has 0 radical (unpaired) electrons. The van der Waals surface area contributed by atoms with Gasteiger partial charge in [-0.3, -0.25) is 9.13 Å². The molecule has 0 spiro atoms. The molecule has 0 aromatic heterocycles. The first kappa shape index (κ1) is 38.2. The maximum absolute atomic E-state index is 13.9. The number of rotatable bonds is 22. The minimum absolute atomic E-state index is 0.292. The zero-order chi connectivity index (χ0) is 29.0. The first-order valence-corrected chi connectivity index (χ1v) is 32.6. The van der Waals surface area contributed by atoms with Crippen LogP contribution < -0.4 is 0 Å². The van der Waals surface area contributed by atoms with Crippen molar-refractivity contribution in [1.29, 1.82) is 0 Å². The summed E-state index contributed by atoms with van der Waals surface area (Å²) in [6, 6.07) is 4.34. The van der Waals surface area contributed by atoms with Crippen LogP contribution in [0.15, 0.2) is 0 Å². The van der Waals surface area contributed by atoms with E-state index in [1.54, 1.807) is 0 Å². The van der Waals surface area contributed by atoms with Crippen molar-refractivity contribution >= 4 is 47.5 Å². The highest BCUT2D eigenvalue weighted by molar-refractivity contribution is 7.71. The Bertz CT molecular complexity index is 613. The van der Waals surface area contributed by atoms with Gasteiger partial charge in [0.05, 0.1) is 26.4 Å². The van der Waals surface area contributed by atoms with Gasteiger partial charge in [-0.1, -0.05) is 103 Å². The molecule has 37 heavy (non-hydrogen) atoms. The van der Waals surface area contributed by atoms with E-state index in [1.165, 1.54) is 0 Å². The van der Waals surface area contributed by atoms with Gasteiger partial charge in [-0.05, 0) is 25.7 Å². The van der Waals surface area contributed by atoms with E-state index in [2.05, 4.69) is 78.6 Å². The molecular formula is C25H62O6P2Si4. The highest BCUT2D eigenvalue weighted by Gasteiger charge is 2.39. The molecular weight excluding hydrogens is 571 g/mol. The summed E-state index contributed by atoms with van der Waals surface area (Å²) in [5.41, 5.74) is 0. The molecule has 224 valence electrons.